The van der Waals surface area contributed by atoms with Crippen LogP contribution in [-0.4, -0.2) is 24.2 Å². The molecule has 0 aliphatic heterocycles. The summed E-state index contributed by atoms with van der Waals surface area (Å²) in [5, 5.41) is 12.0. The number of halogens is 2. The Kier molecular flexibility index (Phi) is 4.42. The Morgan fingerprint density at radius 3 is 2.79 bits per heavy atom. The average molecular weight is 286 g/mol. The molecule has 5 heteroatoms. The molecule has 0 radical (unpaired) electrons. The van der Waals surface area contributed by atoms with Gasteiger partial charge in [0.15, 0.2) is 0 Å². The molecule has 0 saturated heterocycles. The molecule has 19 heavy (non-hydrogen) atoms. The number of aliphatic hydroxyl groups excluding tert-OH is 1. The summed E-state index contributed by atoms with van der Waals surface area (Å²) in [6.07, 6.45) is 2.69. The van der Waals surface area contributed by atoms with Gasteiger partial charge in [0.25, 0.3) is 0 Å². The second-order valence-corrected chi connectivity index (χ2v) is 5.53. The van der Waals surface area contributed by atoms with Crippen molar-refractivity contribution in [1.82, 2.24) is 5.32 Å². The van der Waals surface area contributed by atoms with E-state index in [1.54, 1.807) is 6.07 Å². The molecular weight excluding hydrogens is 269 g/mol. The van der Waals surface area contributed by atoms with Gasteiger partial charge in [0, 0.05) is 23.7 Å². The van der Waals surface area contributed by atoms with Crippen molar-refractivity contribution in [2.45, 2.75) is 25.7 Å². The number of hydrogen-bond donors (Lipinski definition) is 2. The zero-order valence-corrected chi connectivity index (χ0v) is 11.3. The zero-order chi connectivity index (χ0) is 13.9. The molecule has 2 rings (SSSR count). The Balaban J connectivity index is 1.88. The molecule has 0 aromatic heterocycles. The monoisotopic (exact) mass is 285 g/mol. The maximum Gasteiger partial charge on any atom is 0.224 e. The molecule has 1 fully saturated rings. The predicted octanol–water partition coefficient (Wildman–Crippen LogP) is 2.30. The number of rotatable bonds is 6. The van der Waals surface area contributed by atoms with Crippen LogP contribution in [0.4, 0.5) is 4.39 Å². The van der Waals surface area contributed by atoms with Crippen LogP contribution in [0.25, 0.3) is 0 Å². The fourth-order valence-corrected chi connectivity index (χ4v) is 2.37. The quantitative estimate of drug-likeness (QED) is 0.843. The lowest BCUT2D eigenvalue weighted by Gasteiger charge is -2.14. The summed E-state index contributed by atoms with van der Waals surface area (Å²) in [6.45, 7) is 0.674. The lowest BCUT2D eigenvalue weighted by molar-refractivity contribution is -0.120. The normalized spacial score (nSPS) is 16.2. The van der Waals surface area contributed by atoms with Crippen LogP contribution in [0.2, 0.25) is 5.02 Å². The number of amides is 1. The van der Waals surface area contributed by atoms with E-state index in [0.717, 1.165) is 12.8 Å². The largest absolute Gasteiger partial charge is 0.396 e. The highest BCUT2D eigenvalue weighted by Crippen LogP contribution is 2.47. The molecule has 3 nitrogen and oxygen atoms in total. The third kappa shape index (κ3) is 3.67. The first kappa shape index (κ1) is 14.3. The summed E-state index contributed by atoms with van der Waals surface area (Å²) >= 11 is 5.87. The van der Waals surface area contributed by atoms with Crippen LogP contribution in [0.15, 0.2) is 18.2 Å². The highest BCUT2D eigenvalue weighted by atomic mass is 35.5. The summed E-state index contributed by atoms with van der Waals surface area (Å²) < 4.78 is 13.5. The molecule has 0 unspecified atom stereocenters. The minimum Gasteiger partial charge on any atom is -0.396 e. The van der Waals surface area contributed by atoms with Crippen LogP contribution in [0.5, 0.6) is 0 Å². The molecule has 0 spiro atoms. The molecule has 1 aromatic carbocycles. The first-order valence-corrected chi connectivity index (χ1v) is 6.75. The number of nitrogens with one attached hydrogen (secondary N) is 1. The fourth-order valence-electron chi connectivity index (χ4n) is 2.14. The summed E-state index contributed by atoms with van der Waals surface area (Å²) in [6, 6.07) is 4.38. The molecule has 1 saturated carbocycles. The SMILES string of the molecule is O=C(Cc1c(F)cccc1Cl)NCC1(CCO)CC1. The fraction of sp³-hybridized carbons (Fsp3) is 0.500. The van der Waals surface area contributed by atoms with E-state index < -0.39 is 5.82 Å². The first-order valence-electron chi connectivity index (χ1n) is 6.37. The van der Waals surface area contributed by atoms with Crippen molar-refractivity contribution in [3.05, 3.63) is 34.6 Å². The van der Waals surface area contributed by atoms with Gasteiger partial charge >= 0.3 is 0 Å². The molecule has 2 N–H and O–H groups in total. The lowest BCUT2D eigenvalue weighted by atomic mass is 10.0. The zero-order valence-electron chi connectivity index (χ0n) is 10.6. The van der Waals surface area contributed by atoms with Gasteiger partial charge in [-0.25, -0.2) is 4.39 Å². The molecule has 1 aromatic rings. The van der Waals surface area contributed by atoms with E-state index in [-0.39, 0.29) is 34.9 Å². The summed E-state index contributed by atoms with van der Waals surface area (Å²) in [5.74, 6) is -0.699. The molecule has 1 amide bonds. The van der Waals surface area contributed by atoms with Crippen molar-refractivity contribution in [1.29, 1.82) is 0 Å². The van der Waals surface area contributed by atoms with Gasteiger partial charge in [0.2, 0.25) is 5.91 Å². The summed E-state index contributed by atoms with van der Waals surface area (Å²) in [4.78, 5) is 11.8. The Labute approximate surface area is 116 Å². The molecule has 0 heterocycles. The van der Waals surface area contributed by atoms with E-state index in [1.807, 2.05) is 0 Å². The summed E-state index contributed by atoms with van der Waals surface area (Å²) in [5.41, 5.74) is 0.289. The molecule has 1 aliphatic carbocycles. The topological polar surface area (TPSA) is 49.3 Å². The van der Waals surface area contributed by atoms with Crippen LogP contribution in [-0.2, 0) is 11.2 Å². The van der Waals surface area contributed by atoms with Crippen molar-refractivity contribution in [3.63, 3.8) is 0 Å². The minimum absolute atomic E-state index is 0.0548. The van der Waals surface area contributed by atoms with Gasteiger partial charge in [0.1, 0.15) is 5.82 Å². The molecular formula is C14H17ClFNO2. The van der Waals surface area contributed by atoms with Crippen LogP contribution in [0.3, 0.4) is 0 Å². The van der Waals surface area contributed by atoms with Gasteiger partial charge in [-0.2, -0.15) is 0 Å². The molecule has 1 aliphatic rings. The van der Waals surface area contributed by atoms with Crippen molar-refractivity contribution in [2.24, 2.45) is 5.41 Å². The third-order valence-corrected chi connectivity index (χ3v) is 4.01. The maximum absolute atomic E-state index is 13.5. The first-order chi connectivity index (χ1) is 9.06. The van der Waals surface area contributed by atoms with Crippen LogP contribution in [0, 0.1) is 11.2 Å². The Bertz CT molecular complexity index is 454. The van der Waals surface area contributed by atoms with E-state index in [0.29, 0.717) is 13.0 Å². The third-order valence-electron chi connectivity index (χ3n) is 3.66. The standard InChI is InChI=1S/C14H17ClFNO2/c15-11-2-1-3-12(16)10(11)8-13(19)17-9-14(4-5-14)6-7-18/h1-3,18H,4-9H2,(H,17,19). The molecule has 0 bridgehead atoms. The van der Waals surface area contributed by atoms with Crippen molar-refractivity contribution >= 4 is 17.5 Å². The van der Waals surface area contributed by atoms with Crippen LogP contribution in [0.1, 0.15) is 24.8 Å². The van der Waals surface area contributed by atoms with Crippen molar-refractivity contribution in [3.8, 4) is 0 Å². The maximum atomic E-state index is 13.5. The van der Waals surface area contributed by atoms with E-state index >= 15 is 0 Å². The van der Waals surface area contributed by atoms with Gasteiger partial charge in [-0.1, -0.05) is 17.7 Å². The van der Waals surface area contributed by atoms with Gasteiger partial charge in [0.05, 0.1) is 6.42 Å². The lowest BCUT2D eigenvalue weighted by Crippen LogP contribution is -2.32. The number of benzene rings is 1. The van der Waals surface area contributed by atoms with Gasteiger partial charge < -0.3 is 10.4 Å². The smallest absolute Gasteiger partial charge is 0.224 e. The number of hydrogen-bond acceptors (Lipinski definition) is 2. The summed E-state index contributed by atoms with van der Waals surface area (Å²) in [7, 11) is 0. The van der Waals surface area contributed by atoms with Crippen LogP contribution >= 0.6 is 11.6 Å². The number of carbonyl (C=O) groups excluding carboxylic acids is 1. The van der Waals surface area contributed by atoms with E-state index in [1.165, 1.54) is 12.1 Å². The molecule has 0 atom stereocenters. The van der Waals surface area contributed by atoms with Gasteiger partial charge in [-0.3, -0.25) is 4.79 Å². The Morgan fingerprint density at radius 2 is 2.21 bits per heavy atom. The minimum atomic E-state index is -0.459. The van der Waals surface area contributed by atoms with Crippen molar-refractivity contribution in [2.75, 3.05) is 13.2 Å². The van der Waals surface area contributed by atoms with Gasteiger partial charge in [-0.15, -0.1) is 0 Å². The second-order valence-electron chi connectivity index (χ2n) is 5.13. The number of aliphatic hydroxyl groups is 1. The van der Waals surface area contributed by atoms with E-state index in [9.17, 15) is 9.18 Å². The highest BCUT2D eigenvalue weighted by molar-refractivity contribution is 6.31. The van der Waals surface area contributed by atoms with Crippen LogP contribution < -0.4 is 5.32 Å². The molecule has 104 valence electrons. The van der Waals surface area contributed by atoms with E-state index in [4.69, 9.17) is 16.7 Å². The van der Waals surface area contributed by atoms with E-state index in [2.05, 4.69) is 5.32 Å². The Hall–Kier alpha value is -1.13. The van der Waals surface area contributed by atoms with Crippen molar-refractivity contribution < 1.29 is 14.3 Å². The number of carbonyl (C=O) groups is 1. The Morgan fingerprint density at radius 1 is 1.47 bits per heavy atom. The van der Waals surface area contributed by atoms with Gasteiger partial charge in [-0.05, 0) is 36.8 Å². The predicted molar refractivity (Wildman–Crippen MR) is 71.5 cm³/mol. The highest BCUT2D eigenvalue weighted by Gasteiger charge is 2.41. The average Bonchev–Trinajstić information content (AvgIpc) is 3.13. The second kappa shape index (κ2) is 5.88.